The van der Waals surface area contributed by atoms with E-state index in [0.29, 0.717) is 28.0 Å². The first-order valence-electron chi connectivity index (χ1n) is 7.61. The minimum atomic E-state index is -0.307. The van der Waals surface area contributed by atoms with Crippen LogP contribution in [-0.4, -0.2) is 26.7 Å². The van der Waals surface area contributed by atoms with E-state index in [1.807, 2.05) is 18.2 Å². The van der Waals surface area contributed by atoms with E-state index in [1.54, 1.807) is 31.4 Å². The van der Waals surface area contributed by atoms with Gasteiger partial charge in [0.05, 0.1) is 19.2 Å². The van der Waals surface area contributed by atoms with Crippen LogP contribution in [0, 0.1) is 0 Å². The molecule has 0 saturated heterocycles. The number of methoxy groups -OCH3 is 2. The van der Waals surface area contributed by atoms with Crippen LogP contribution in [0.1, 0.15) is 5.56 Å². The molecule has 0 aliphatic heterocycles. The summed E-state index contributed by atoms with van der Waals surface area (Å²) in [7, 11) is 3.08. The van der Waals surface area contributed by atoms with E-state index in [0.717, 1.165) is 12.0 Å². The fourth-order valence-electron chi connectivity index (χ4n) is 2.21. The summed E-state index contributed by atoms with van der Waals surface area (Å²) in [5.41, 5.74) is 1.62. The number of nitrogens with one attached hydrogen (secondary N) is 1. The molecule has 5 nitrogen and oxygen atoms in total. The molecule has 6 heteroatoms. The first-order chi connectivity index (χ1) is 12.1. The zero-order valence-electron chi connectivity index (χ0n) is 14.2. The molecule has 0 aliphatic rings. The van der Waals surface area contributed by atoms with E-state index < -0.39 is 0 Å². The normalized spacial score (nSPS) is 10.0. The van der Waals surface area contributed by atoms with Crippen molar-refractivity contribution in [3.05, 3.63) is 59.6 Å². The largest absolute Gasteiger partial charge is 0.495 e. The van der Waals surface area contributed by atoms with Gasteiger partial charge in [0.15, 0.2) is 18.1 Å². The average Bonchev–Trinajstić information content (AvgIpc) is 2.61. The van der Waals surface area contributed by atoms with Crippen LogP contribution in [0.25, 0.3) is 0 Å². The Kier molecular flexibility index (Phi) is 6.71. The molecule has 132 valence electrons. The first-order valence-corrected chi connectivity index (χ1v) is 7.99. The predicted octanol–water partition coefficient (Wildman–Crippen LogP) is 4.10. The zero-order chi connectivity index (χ0) is 18.2. The summed E-state index contributed by atoms with van der Waals surface area (Å²) in [6.07, 6.45) is 2.54. The number of hydrogen-bond donors (Lipinski definition) is 1. The summed E-state index contributed by atoms with van der Waals surface area (Å²) in [6, 6.07) is 10.5. The van der Waals surface area contributed by atoms with Crippen LogP contribution < -0.4 is 19.5 Å². The number of anilines is 1. The SMILES string of the molecule is C=CCc1ccc(OCC(=O)Nc2ccc(OC)c(Cl)c2)c(OC)c1. The maximum absolute atomic E-state index is 12.1. The molecule has 0 bridgehead atoms. The second-order valence-corrected chi connectivity index (χ2v) is 5.57. The summed E-state index contributed by atoms with van der Waals surface area (Å²) in [4.78, 5) is 12.1. The molecule has 0 fully saturated rings. The quantitative estimate of drug-likeness (QED) is 0.719. The average molecular weight is 362 g/mol. The molecule has 1 amide bonds. The molecular formula is C19H20ClNO4. The predicted molar refractivity (Wildman–Crippen MR) is 99.0 cm³/mol. The van der Waals surface area contributed by atoms with Crippen LogP contribution in [0.5, 0.6) is 17.2 Å². The zero-order valence-corrected chi connectivity index (χ0v) is 14.9. The van der Waals surface area contributed by atoms with E-state index in [1.165, 1.54) is 7.11 Å². The molecular weight excluding hydrogens is 342 g/mol. The summed E-state index contributed by atoms with van der Waals surface area (Å²) in [5.74, 6) is 1.30. The number of amides is 1. The molecule has 0 unspecified atom stereocenters. The molecule has 1 N–H and O–H groups in total. The molecule has 0 aliphatic carbocycles. The third-order valence-corrected chi connectivity index (χ3v) is 3.70. The van der Waals surface area contributed by atoms with E-state index >= 15 is 0 Å². The van der Waals surface area contributed by atoms with Gasteiger partial charge in [-0.1, -0.05) is 23.7 Å². The molecule has 0 radical (unpaired) electrons. The summed E-state index contributed by atoms with van der Waals surface area (Å²) < 4.78 is 15.9. The van der Waals surface area contributed by atoms with E-state index in [2.05, 4.69) is 11.9 Å². The van der Waals surface area contributed by atoms with Crippen molar-refractivity contribution in [1.29, 1.82) is 0 Å². The standard InChI is InChI=1S/C19H20ClNO4/c1-4-5-13-6-8-17(18(10-13)24-3)25-12-19(22)21-14-7-9-16(23-2)15(20)11-14/h4,6-11H,1,5,12H2,2-3H3,(H,21,22). The molecule has 2 rings (SSSR count). The molecule has 0 heterocycles. The highest BCUT2D eigenvalue weighted by molar-refractivity contribution is 6.32. The number of halogens is 1. The van der Waals surface area contributed by atoms with Crippen molar-refractivity contribution in [2.45, 2.75) is 6.42 Å². The van der Waals surface area contributed by atoms with Gasteiger partial charge in [-0.2, -0.15) is 0 Å². The third kappa shape index (κ3) is 5.16. The van der Waals surface area contributed by atoms with Gasteiger partial charge >= 0.3 is 0 Å². The van der Waals surface area contributed by atoms with Crippen molar-refractivity contribution in [1.82, 2.24) is 0 Å². The van der Waals surface area contributed by atoms with Gasteiger partial charge in [-0.05, 0) is 42.3 Å². The van der Waals surface area contributed by atoms with Crippen molar-refractivity contribution in [2.75, 3.05) is 26.1 Å². The Morgan fingerprint density at radius 1 is 1.12 bits per heavy atom. The van der Waals surface area contributed by atoms with Gasteiger partial charge in [-0.15, -0.1) is 6.58 Å². The van der Waals surface area contributed by atoms with E-state index in [9.17, 15) is 4.79 Å². The Morgan fingerprint density at radius 3 is 2.48 bits per heavy atom. The van der Waals surface area contributed by atoms with Crippen molar-refractivity contribution in [2.24, 2.45) is 0 Å². The number of benzene rings is 2. The van der Waals surface area contributed by atoms with Gasteiger partial charge in [0.25, 0.3) is 5.91 Å². The number of ether oxygens (including phenoxy) is 3. The van der Waals surface area contributed by atoms with Gasteiger partial charge in [0, 0.05) is 5.69 Å². The minimum Gasteiger partial charge on any atom is -0.495 e. The van der Waals surface area contributed by atoms with E-state index in [-0.39, 0.29) is 12.5 Å². The lowest BCUT2D eigenvalue weighted by Gasteiger charge is -2.12. The van der Waals surface area contributed by atoms with Crippen LogP contribution in [-0.2, 0) is 11.2 Å². The highest BCUT2D eigenvalue weighted by Crippen LogP contribution is 2.29. The Bertz CT molecular complexity index is 761. The lowest BCUT2D eigenvalue weighted by molar-refractivity contribution is -0.118. The first kappa shape index (κ1) is 18.7. The lowest BCUT2D eigenvalue weighted by Crippen LogP contribution is -2.20. The Balaban J connectivity index is 1.97. The van der Waals surface area contributed by atoms with Crippen molar-refractivity contribution >= 4 is 23.2 Å². The van der Waals surface area contributed by atoms with Crippen LogP contribution in [0.15, 0.2) is 49.1 Å². The number of carbonyl (C=O) groups excluding carboxylic acids is 1. The number of rotatable bonds is 8. The number of hydrogen-bond acceptors (Lipinski definition) is 4. The maximum atomic E-state index is 12.1. The number of carbonyl (C=O) groups is 1. The second kappa shape index (κ2) is 8.99. The van der Waals surface area contributed by atoms with Crippen LogP contribution in [0.3, 0.4) is 0 Å². The van der Waals surface area contributed by atoms with E-state index in [4.69, 9.17) is 25.8 Å². The summed E-state index contributed by atoms with van der Waals surface area (Å²) in [6.45, 7) is 3.56. The van der Waals surface area contributed by atoms with Crippen molar-refractivity contribution in [3.63, 3.8) is 0 Å². The molecule has 0 spiro atoms. The smallest absolute Gasteiger partial charge is 0.262 e. The molecule has 0 aromatic heterocycles. The molecule has 2 aromatic carbocycles. The van der Waals surface area contributed by atoms with Crippen molar-refractivity contribution in [3.8, 4) is 17.2 Å². The third-order valence-electron chi connectivity index (χ3n) is 3.40. The van der Waals surface area contributed by atoms with Gasteiger partial charge < -0.3 is 19.5 Å². The fraction of sp³-hybridized carbons (Fsp3) is 0.211. The van der Waals surface area contributed by atoms with Gasteiger partial charge in [-0.3, -0.25) is 4.79 Å². The lowest BCUT2D eigenvalue weighted by atomic mass is 10.1. The van der Waals surface area contributed by atoms with Crippen molar-refractivity contribution < 1.29 is 19.0 Å². The van der Waals surface area contributed by atoms with Crippen LogP contribution in [0.4, 0.5) is 5.69 Å². The monoisotopic (exact) mass is 361 g/mol. The molecule has 25 heavy (non-hydrogen) atoms. The van der Waals surface area contributed by atoms with Crippen LogP contribution in [0.2, 0.25) is 5.02 Å². The summed E-state index contributed by atoms with van der Waals surface area (Å²) >= 11 is 6.03. The van der Waals surface area contributed by atoms with Gasteiger partial charge in [0.2, 0.25) is 0 Å². The second-order valence-electron chi connectivity index (χ2n) is 5.16. The highest BCUT2D eigenvalue weighted by Gasteiger charge is 2.10. The Morgan fingerprint density at radius 2 is 1.84 bits per heavy atom. The minimum absolute atomic E-state index is 0.152. The topological polar surface area (TPSA) is 56.8 Å². The Hall–Kier alpha value is -2.66. The van der Waals surface area contributed by atoms with Gasteiger partial charge in [0.1, 0.15) is 5.75 Å². The summed E-state index contributed by atoms with van der Waals surface area (Å²) in [5, 5.41) is 3.13. The van der Waals surface area contributed by atoms with Gasteiger partial charge in [-0.25, -0.2) is 0 Å². The fourth-order valence-corrected chi connectivity index (χ4v) is 2.47. The maximum Gasteiger partial charge on any atom is 0.262 e. The Labute approximate surface area is 152 Å². The molecule has 0 saturated carbocycles. The highest BCUT2D eigenvalue weighted by atomic mass is 35.5. The molecule has 2 aromatic rings. The molecule has 0 atom stereocenters. The number of allylic oxidation sites excluding steroid dienone is 1. The van der Waals surface area contributed by atoms with Crippen LogP contribution >= 0.6 is 11.6 Å².